The molecule has 1 aromatic heterocycles. The van der Waals surface area contributed by atoms with E-state index in [0.29, 0.717) is 13.3 Å². The molecule has 102 valence electrons. The third-order valence-corrected chi connectivity index (χ3v) is 3.67. The van der Waals surface area contributed by atoms with Crippen LogP contribution in [-0.2, 0) is 11.2 Å². The van der Waals surface area contributed by atoms with E-state index in [1.807, 2.05) is 0 Å². The van der Waals surface area contributed by atoms with Gasteiger partial charge in [0.25, 0.3) is 0 Å². The highest BCUT2D eigenvalue weighted by Crippen LogP contribution is 2.30. The van der Waals surface area contributed by atoms with Gasteiger partial charge in [0.2, 0.25) is 5.54 Å². The number of aromatic nitrogens is 1. The van der Waals surface area contributed by atoms with Crippen LogP contribution in [0.3, 0.4) is 0 Å². The van der Waals surface area contributed by atoms with Crippen molar-refractivity contribution in [1.29, 1.82) is 0 Å². The van der Waals surface area contributed by atoms with E-state index in [9.17, 15) is 18.0 Å². The zero-order valence-corrected chi connectivity index (χ0v) is 10.7. The van der Waals surface area contributed by atoms with Crippen LogP contribution < -0.4 is 5.32 Å². The van der Waals surface area contributed by atoms with Crippen LogP contribution in [0.4, 0.5) is 13.2 Å². The Morgan fingerprint density at radius 3 is 2.56 bits per heavy atom. The molecule has 0 spiro atoms. The predicted molar refractivity (Wildman–Crippen MR) is 60.7 cm³/mol. The number of aliphatic carboxylic acids is 1. The molecule has 0 radical (unpaired) electrons. The summed E-state index contributed by atoms with van der Waals surface area (Å²) in [5.74, 6) is -1.93. The minimum absolute atomic E-state index is 0.0780. The smallest absolute Gasteiger partial charge is 0.417 e. The Bertz CT molecular complexity index is 433. The second-order valence-corrected chi connectivity index (χ2v) is 4.90. The molecule has 0 saturated carbocycles. The molecular weight excluding hydrogens is 269 g/mol. The Morgan fingerprint density at radius 2 is 2.17 bits per heavy atom. The maximum absolute atomic E-state index is 12.6. The van der Waals surface area contributed by atoms with Crippen LogP contribution in [0.5, 0.6) is 0 Å². The number of aryl methyl sites for hydroxylation is 1. The van der Waals surface area contributed by atoms with E-state index in [1.54, 1.807) is 12.4 Å². The Kier molecular flexibility index (Phi) is 4.33. The molecule has 4 nitrogen and oxygen atoms in total. The number of carboxylic acid groups (broad SMARTS) is 1. The maximum Gasteiger partial charge on any atom is 0.417 e. The highest BCUT2D eigenvalue weighted by Gasteiger charge is 2.56. The summed E-state index contributed by atoms with van der Waals surface area (Å²) < 4.78 is 37.9. The molecule has 0 fully saturated rings. The van der Waals surface area contributed by atoms with Crippen molar-refractivity contribution in [2.45, 2.75) is 32.0 Å². The molecule has 8 heteroatoms. The van der Waals surface area contributed by atoms with Gasteiger partial charge >= 0.3 is 12.1 Å². The molecule has 1 heterocycles. The Labute approximate surface area is 106 Å². The van der Waals surface area contributed by atoms with Gasteiger partial charge in [0.05, 0.1) is 11.2 Å². The zero-order valence-electron chi connectivity index (χ0n) is 9.84. The van der Waals surface area contributed by atoms with Gasteiger partial charge in [-0.3, -0.25) is 5.32 Å². The molecule has 2 N–H and O–H groups in total. The second-order valence-electron chi connectivity index (χ2n) is 3.97. The van der Waals surface area contributed by atoms with Gasteiger partial charge in [-0.2, -0.15) is 13.2 Å². The summed E-state index contributed by atoms with van der Waals surface area (Å²) in [6, 6.07) is 0. The Hall–Kier alpha value is -1.15. The van der Waals surface area contributed by atoms with Crippen molar-refractivity contribution < 1.29 is 23.1 Å². The van der Waals surface area contributed by atoms with E-state index in [4.69, 9.17) is 5.11 Å². The molecule has 0 saturated heterocycles. The first-order valence-electron chi connectivity index (χ1n) is 5.12. The minimum atomic E-state index is -4.85. The molecule has 18 heavy (non-hydrogen) atoms. The fraction of sp³-hybridized carbons (Fsp3) is 0.600. The van der Waals surface area contributed by atoms with Crippen molar-refractivity contribution in [3.63, 3.8) is 0 Å². The molecule has 0 aromatic carbocycles. The van der Waals surface area contributed by atoms with Gasteiger partial charge in [-0.05, 0) is 20.3 Å². The van der Waals surface area contributed by atoms with E-state index in [1.165, 1.54) is 11.3 Å². The lowest BCUT2D eigenvalue weighted by molar-refractivity contribution is -0.205. The maximum atomic E-state index is 12.6. The number of rotatable bonds is 5. The molecule has 0 aliphatic carbocycles. The van der Waals surface area contributed by atoms with E-state index >= 15 is 0 Å². The van der Waals surface area contributed by atoms with Crippen molar-refractivity contribution >= 4 is 17.3 Å². The fourth-order valence-electron chi connectivity index (χ4n) is 1.29. The molecule has 0 aliphatic rings. The lowest BCUT2D eigenvalue weighted by atomic mass is 10.0. The second kappa shape index (κ2) is 5.23. The number of hydrogen-bond acceptors (Lipinski definition) is 4. The number of nitrogens with zero attached hydrogens (tertiary/aromatic N) is 1. The molecule has 1 rings (SSSR count). The summed E-state index contributed by atoms with van der Waals surface area (Å²) >= 11 is 1.34. The number of hydrogen-bond donors (Lipinski definition) is 2. The van der Waals surface area contributed by atoms with Crippen LogP contribution in [-0.4, -0.2) is 34.3 Å². The normalized spacial score (nSPS) is 15.4. The van der Waals surface area contributed by atoms with Gasteiger partial charge in [-0.25, -0.2) is 9.78 Å². The third-order valence-electron chi connectivity index (χ3n) is 2.67. The van der Waals surface area contributed by atoms with Gasteiger partial charge in [0.1, 0.15) is 0 Å². The Balaban J connectivity index is 2.65. The monoisotopic (exact) mass is 282 g/mol. The minimum Gasteiger partial charge on any atom is -0.480 e. The van der Waals surface area contributed by atoms with Crippen molar-refractivity contribution in [2.75, 3.05) is 6.54 Å². The highest BCUT2D eigenvalue weighted by atomic mass is 32.1. The molecule has 1 atom stereocenters. The number of nitrogens with one attached hydrogen (secondary N) is 1. The first-order valence-corrected chi connectivity index (χ1v) is 6.00. The summed E-state index contributed by atoms with van der Waals surface area (Å²) in [7, 11) is 0. The molecule has 0 amide bonds. The van der Waals surface area contributed by atoms with Gasteiger partial charge in [-0.15, -0.1) is 11.3 Å². The third kappa shape index (κ3) is 2.99. The summed E-state index contributed by atoms with van der Waals surface area (Å²) in [5, 5.41) is 10.7. The van der Waals surface area contributed by atoms with Crippen molar-refractivity contribution in [1.82, 2.24) is 10.3 Å². The van der Waals surface area contributed by atoms with Crippen molar-refractivity contribution in [2.24, 2.45) is 0 Å². The van der Waals surface area contributed by atoms with E-state index in [2.05, 4.69) is 10.3 Å². The molecule has 0 bridgehead atoms. The largest absolute Gasteiger partial charge is 0.480 e. The lowest BCUT2D eigenvalue weighted by Gasteiger charge is -2.28. The van der Waals surface area contributed by atoms with Crippen molar-refractivity contribution in [3.05, 3.63) is 16.1 Å². The number of halogens is 3. The standard InChI is InChI=1S/C10H13F3N2O2S/c1-6-7(18-5-14-6)3-4-15-9(2,8(16)17)10(11,12)13/h5,15H,3-4H2,1-2H3,(H,16,17). The average molecular weight is 282 g/mol. The van der Waals surface area contributed by atoms with E-state index < -0.39 is 17.7 Å². The summed E-state index contributed by atoms with van der Waals surface area (Å²) in [6.07, 6.45) is -4.53. The predicted octanol–water partition coefficient (Wildman–Crippen LogP) is 1.99. The topological polar surface area (TPSA) is 62.2 Å². The van der Waals surface area contributed by atoms with Gasteiger partial charge < -0.3 is 5.11 Å². The van der Waals surface area contributed by atoms with Crippen LogP contribution in [0, 0.1) is 6.92 Å². The van der Waals surface area contributed by atoms with Gasteiger partial charge in [0, 0.05) is 11.4 Å². The first kappa shape index (κ1) is 14.9. The van der Waals surface area contributed by atoms with Crippen LogP contribution >= 0.6 is 11.3 Å². The first-order chi connectivity index (χ1) is 8.18. The zero-order chi connectivity index (χ0) is 14.0. The molecule has 0 aliphatic heterocycles. The summed E-state index contributed by atoms with van der Waals surface area (Å²) in [5.41, 5.74) is -0.568. The lowest BCUT2D eigenvalue weighted by Crippen LogP contribution is -2.60. The average Bonchev–Trinajstić information content (AvgIpc) is 2.62. The summed E-state index contributed by atoms with van der Waals surface area (Å²) in [6.45, 7) is 2.30. The van der Waals surface area contributed by atoms with E-state index in [-0.39, 0.29) is 6.54 Å². The van der Waals surface area contributed by atoms with Crippen LogP contribution in [0.1, 0.15) is 17.5 Å². The van der Waals surface area contributed by atoms with Gasteiger partial charge in [-0.1, -0.05) is 0 Å². The van der Waals surface area contributed by atoms with Gasteiger partial charge in [0.15, 0.2) is 0 Å². The Morgan fingerprint density at radius 1 is 1.56 bits per heavy atom. The van der Waals surface area contributed by atoms with Crippen LogP contribution in [0.25, 0.3) is 0 Å². The van der Waals surface area contributed by atoms with Crippen molar-refractivity contribution in [3.8, 4) is 0 Å². The fourth-order valence-corrected chi connectivity index (χ4v) is 2.07. The summed E-state index contributed by atoms with van der Waals surface area (Å²) in [4.78, 5) is 15.5. The SMILES string of the molecule is Cc1ncsc1CCNC(C)(C(=O)O)C(F)(F)F. The number of alkyl halides is 3. The van der Waals surface area contributed by atoms with E-state index in [0.717, 1.165) is 10.6 Å². The number of carbonyl (C=O) groups is 1. The highest BCUT2D eigenvalue weighted by molar-refractivity contribution is 7.09. The number of carboxylic acids is 1. The van der Waals surface area contributed by atoms with Crippen LogP contribution in [0.2, 0.25) is 0 Å². The molecule has 1 unspecified atom stereocenters. The molecule has 1 aromatic rings. The van der Waals surface area contributed by atoms with Crippen LogP contribution in [0.15, 0.2) is 5.51 Å². The molecular formula is C10H13F3N2O2S. The number of thiazole rings is 1. The quantitative estimate of drug-likeness (QED) is 0.867.